The molecule has 26 heavy (non-hydrogen) atoms. The van der Waals surface area contributed by atoms with E-state index in [1.54, 1.807) is 17.8 Å². The minimum absolute atomic E-state index is 0.0969. The summed E-state index contributed by atoms with van der Waals surface area (Å²) < 4.78 is 17.9. The smallest absolute Gasteiger partial charge is 0.163 e. The Morgan fingerprint density at radius 2 is 1.73 bits per heavy atom. The van der Waals surface area contributed by atoms with Crippen molar-refractivity contribution < 1.29 is 4.39 Å². The van der Waals surface area contributed by atoms with Crippen molar-refractivity contribution in [2.75, 3.05) is 37.3 Å². The fourth-order valence-corrected chi connectivity index (χ4v) is 4.06. The lowest BCUT2D eigenvalue weighted by molar-refractivity contribution is 0.430. The first-order chi connectivity index (χ1) is 12.5. The van der Waals surface area contributed by atoms with Crippen LogP contribution in [0.25, 0.3) is 16.7 Å². The lowest BCUT2D eigenvalue weighted by Crippen LogP contribution is -2.43. The van der Waals surface area contributed by atoms with Gasteiger partial charge < -0.3 is 4.90 Å². The SMILES string of the molecule is C=S(C)N1CCN(c2ccc(-n3ncc4cc(F)c(C)nc43)cc2)CC1. The maximum Gasteiger partial charge on any atom is 0.163 e. The molecule has 0 radical (unpaired) electrons. The summed E-state index contributed by atoms with van der Waals surface area (Å²) in [5, 5.41) is 5.09. The Morgan fingerprint density at radius 3 is 2.38 bits per heavy atom. The van der Waals surface area contributed by atoms with Crippen LogP contribution in [-0.2, 0) is 0 Å². The Morgan fingerprint density at radius 1 is 1.08 bits per heavy atom. The molecule has 1 saturated heterocycles. The summed E-state index contributed by atoms with van der Waals surface area (Å²) in [6.07, 6.45) is 3.82. The van der Waals surface area contributed by atoms with Crippen LogP contribution in [0.4, 0.5) is 10.1 Å². The van der Waals surface area contributed by atoms with E-state index in [0.717, 1.165) is 31.9 Å². The van der Waals surface area contributed by atoms with Gasteiger partial charge in [-0.2, -0.15) is 5.10 Å². The number of fused-ring (bicyclic) bond motifs is 1. The number of rotatable bonds is 3. The third-order valence-corrected chi connectivity index (χ3v) is 6.06. The van der Waals surface area contributed by atoms with Gasteiger partial charge in [0.1, 0.15) is 5.82 Å². The first-order valence-electron chi connectivity index (χ1n) is 8.60. The second-order valence-corrected chi connectivity index (χ2v) is 8.27. The summed E-state index contributed by atoms with van der Waals surface area (Å²) in [7, 11) is 0.0969. The molecule has 1 aliphatic rings. The molecule has 0 aliphatic carbocycles. The minimum Gasteiger partial charge on any atom is -0.369 e. The van der Waals surface area contributed by atoms with Gasteiger partial charge in [0.2, 0.25) is 0 Å². The second kappa shape index (κ2) is 6.81. The molecular formula is C19H22FN5S. The predicted octanol–water partition coefficient (Wildman–Crippen LogP) is 3.24. The molecule has 7 heteroatoms. The van der Waals surface area contributed by atoms with Gasteiger partial charge in [0.05, 0.1) is 17.6 Å². The molecule has 0 saturated carbocycles. The third-order valence-electron chi connectivity index (χ3n) is 4.81. The molecule has 0 amide bonds. The molecule has 1 aromatic carbocycles. The highest BCUT2D eigenvalue weighted by atomic mass is 32.2. The second-order valence-electron chi connectivity index (χ2n) is 6.56. The zero-order valence-electron chi connectivity index (χ0n) is 15.0. The largest absolute Gasteiger partial charge is 0.369 e. The van der Waals surface area contributed by atoms with Crippen molar-refractivity contribution >= 4 is 33.3 Å². The maximum absolute atomic E-state index is 13.7. The summed E-state index contributed by atoms with van der Waals surface area (Å²) in [5.41, 5.74) is 3.19. The van der Waals surface area contributed by atoms with E-state index in [2.05, 4.69) is 43.5 Å². The number of halogens is 1. The average Bonchev–Trinajstić information content (AvgIpc) is 3.05. The lowest BCUT2D eigenvalue weighted by Gasteiger charge is -2.36. The van der Waals surface area contributed by atoms with Crippen LogP contribution in [0.5, 0.6) is 0 Å². The molecule has 1 atom stereocenters. The number of hydrogen-bond donors (Lipinski definition) is 0. The van der Waals surface area contributed by atoms with Crippen LogP contribution >= 0.6 is 10.7 Å². The lowest BCUT2D eigenvalue weighted by atomic mass is 10.2. The number of anilines is 1. The molecule has 0 spiro atoms. The summed E-state index contributed by atoms with van der Waals surface area (Å²) in [6, 6.07) is 9.80. The van der Waals surface area contributed by atoms with E-state index < -0.39 is 0 Å². The van der Waals surface area contributed by atoms with E-state index in [4.69, 9.17) is 0 Å². The van der Waals surface area contributed by atoms with Crippen molar-refractivity contribution in [3.63, 3.8) is 0 Å². The normalized spacial score (nSPS) is 17.0. The van der Waals surface area contributed by atoms with Gasteiger partial charge >= 0.3 is 0 Å². The molecular weight excluding hydrogens is 349 g/mol. The molecule has 136 valence electrons. The number of hydrogen-bond acceptors (Lipinski definition) is 4. The fraction of sp³-hybridized carbons (Fsp3) is 0.316. The third kappa shape index (κ3) is 3.12. The van der Waals surface area contributed by atoms with Gasteiger partial charge in [-0.25, -0.2) is 14.1 Å². The highest BCUT2D eigenvalue weighted by molar-refractivity contribution is 8.11. The quantitative estimate of drug-likeness (QED) is 0.663. The number of pyridine rings is 1. The summed E-state index contributed by atoms with van der Waals surface area (Å²) in [4.78, 5) is 6.75. The Balaban J connectivity index is 1.57. The van der Waals surface area contributed by atoms with E-state index >= 15 is 0 Å². The van der Waals surface area contributed by atoms with Crippen LogP contribution in [0.3, 0.4) is 0 Å². The topological polar surface area (TPSA) is 37.2 Å². The molecule has 4 rings (SSSR count). The fourth-order valence-electron chi connectivity index (χ4n) is 3.27. The standard InChI is InChI=1S/C19H22FN5S/c1-14-18(20)12-15-13-21-25(19(15)22-14)17-6-4-16(5-7-17)23-8-10-24(11-9-23)26(2)3/h4-7,12-13H,2,8-11H2,1,3H3. The first kappa shape index (κ1) is 17.2. The molecule has 1 fully saturated rings. The molecule has 5 nitrogen and oxygen atoms in total. The number of aromatic nitrogens is 3. The summed E-state index contributed by atoms with van der Waals surface area (Å²) in [6.45, 7) is 5.78. The Labute approximate surface area is 155 Å². The summed E-state index contributed by atoms with van der Waals surface area (Å²) in [5.74, 6) is 3.83. The first-order valence-corrected chi connectivity index (χ1v) is 10.4. The van der Waals surface area contributed by atoms with E-state index in [1.165, 1.54) is 11.8 Å². The van der Waals surface area contributed by atoms with E-state index in [9.17, 15) is 4.39 Å². The van der Waals surface area contributed by atoms with Gasteiger partial charge in [-0.3, -0.25) is 4.31 Å². The zero-order chi connectivity index (χ0) is 18.3. The van der Waals surface area contributed by atoms with Crippen LogP contribution in [-0.4, -0.2) is 57.4 Å². The summed E-state index contributed by atoms with van der Waals surface area (Å²) >= 11 is 0. The molecule has 3 aromatic rings. The molecule has 1 unspecified atom stereocenters. The van der Waals surface area contributed by atoms with Gasteiger partial charge in [-0.05, 0) is 43.5 Å². The van der Waals surface area contributed by atoms with Crippen molar-refractivity contribution in [1.29, 1.82) is 0 Å². The Kier molecular flexibility index (Phi) is 4.50. The Bertz CT molecular complexity index is 958. The maximum atomic E-state index is 13.7. The predicted molar refractivity (Wildman–Crippen MR) is 108 cm³/mol. The molecule has 0 bridgehead atoms. The van der Waals surface area contributed by atoms with Crippen LogP contribution in [0.1, 0.15) is 5.69 Å². The van der Waals surface area contributed by atoms with Crippen LogP contribution < -0.4 is 4.90 Å². The highest BCUT2D eigenvalue weighted by Gasteiger charge is 2.17. The highest BCUT2D eigenvalue weighted by Crippen LogP contribution is 2.24. The monoisotopic (exact) mass is 371 g/mol. The van der Waals surface area contributed by atoms with Crippen molar-refractivity contribution in [2.45, 2.75) is 6.92 Å². The van der Waals surface area contributed by atoms with Crippen LogP contribution in [0.15, 0.2) is 36.5 Å². The van der Waals surface area contributed by atoms with Gasteiger partial charge in [0.15, 0.2) is 5.65 Å². The van der Waals surface area contributed by atoms with Crippen molar-refractivity contribution in [3.8, 4) is 5.69 Å². The van der Waals surface area contributed by atoms with Crippen LogP contribution in [0, 0.1) is 12.7 Å². The number of aryl methyl sites for hydroxylation is 1. The number of piperazine rings is 1. The molecule has 1 aliphatic heterocycles. The van der Waals surface area contributed by atoms with E-state index in [1.807, 2.05) is 12.1 Å². The van der Waals surface area contributed by atoms with E-state index in [-0.39, 0.29) is 16.5 Å². The number of benzene rings is 1. The van der Waals surface area contributed by atoms with Crippen molar-refractivity contribution in [1.82, 2.24) is 19.1 Å². The van der Waals surface area contributed by atoms with E-state index in [0.29, 0.717) is 16.7 Å². The molecule has 3 heterocycles. The zero-order valence-corrected chi connectivity index (χ0v) is 15.8. The van der Waals surface area contributed by atoms with Gasteiger partial charge in [-0.1, -0.05) is 5.87 Å². The van der Waals surface area contributed by atoms with Gasteiger partial charge in [-0.15, -0.1) is 10.7 Å². The Hall–Kier alpha value is -2.25. The van der Waals surface area contributed by atoms with Crippen molar-refractivity contribution in [2.24, 2.45) is 0 Å². The van der Waals surface area contributed by atoms with Gasteiger partial charge in [0.25, 0.3) is 0 Å². The molecule has 2 aromatic heterocycles. The van der Waals surface area contributed by atoms with Gasteiger partial charge in [0, 0.05) is 37.3 Å². The number of nitrogens with zero attached hydrogens (tertiary/aromatic N) is 5. The molecule has 0 N–H and O–H groups in total. The van der Waals surface area contributed by atoms with Crippen LogP contribution in [0.2, 0.25) is 0 Å². The average molecular weight is 371 g/mol. The minimum atomic E-state index is -0.302. The van der Waals surface area contributed by atoms with Crippen molar-refractivity contribution in [3.05, 3.63) is 48.0 Å².